The molecule has 0 aliphatic carbocycles. The van der Waals surface area contributed by atoms with Crippen molar-refractivity contribution in [2.45, 2.75) is 10.9 Å². The van der Waals surface area contributed by atoms with E-state index in [4.69, 9.17) is 9.15 Å². The summed E-state index contributed by atoms with van der Waals surface area (Å²) in [5.74, 6) is 1.98. The normalized spacial score (nSPS) is 11.1. The molecule has 0 bridgehead atoms. The molecule has 142 valence electrons. The maximum absolute atomic E-state index is 11.8. The fourth-order valence-corrected chi connectivity index (χ4v) is 3.89. The van der Waals surface area contributed by atoms with Gasteiger partial charge >= 0.3 is 5.63 Å². The van der Waals surface area contributed by atoms with Gasteiger partial charge in [-0.3, -0.25) is 0 Å². The number of benzene rings is 2. The Balaban J connectivity index is 1.64. The lowest BCUT2D eigenvalue weighted by molar-refractivity contribution is 0.416. The molecule has 0 radical (unpaired) electrons. The highest BCUT2D eigenvalue weighted by Gasteiger charge is 2.15. The number of hydrogen-bond acceptors (Lipinski definition) is 7. The molecule has 2 aromatic carbocycles. The molecule has 0 fully saturated rings. The molecule has 4 aromatic rings. The van der Waals surface area contributed by atoms with Crippen molar-refractivity contribution in [2.24, 2.45) is 7.05 Å². The smallest absolute Gasteiger partial charge is 0.336 e. The molecule has 8 heteroatoms. The third kappa shape index (κ3) is 3.34. The highest BCUT2D eigenvalue weighted by Crippen LogP contribution is 2.32. The third-order valence-electron chi connectivity index (χ3n) is 4.35. The zero-order valence-electron chi connectivity index (χ0n) is 15.2. The first kappa shape index (κ1) is 18.1. The molecule has 0 amide bonds. The average Bonchev–Trinajstić information content (AvgIpc) is 3.05. The predicted molar refractivity (Wildman–Crippen MR) is 107 cm³/mol. The van der Waals surface area contributed by atoms with Crippen molar-refractivity contribution in [2.75, 3.05) is 7.11 Å². The summed E-state index contributed by atoms with van der Waals surface area (Å²) in [6, 6.07) is 13.8. The van der Waals surface area contributed by atoms with Crippen LogP contribution in [0.4, 0.5) is 0 Å². The second-order valence-electron chi connectivity index (χ2n) is 6.13. The van der Waals surface area contributed by atoms with Crippen LogP contribution in [0.5, 0.6) is 11.5 Å². The van der Waals surface area contributed by atoms with E-state index in [1.54, 1.807) is 19.2 Å². The van der Waals surface area contributed by atoms with Crippen molar-refractivity contribution in [1.82, 2.24) is 14.8 Å². The zero-order chi connectivity index (χ0) is 19.7. The molecular formula is C20H17N3O4S. The molecule has 7 nitrogen and oxygen atoms in total. The lowest BCUT2D eigenvalue weighted by Crippen LogP contribution is -2.00. The van der Waals surface area contributed by atoms with E-state index in [0.29, 0.717) is 22.3 Å². The van der Waals surface area contributed by atoms with Crippen LogP contribution >= 0.6 is 11.8 Å². The minimum absolute atomic E-state index is 0.0511. The average molecular weight is 395 g/mol. The third-order valence-corrected chi connectivity index (χ3v) is 5.42. The minimum Gasteiger partial charge on any atom is -0.508 e. The quantitative estimate of drug-likeness (QED) is 0.408. The van der Waals surface area contributed by atoms with Crippen LogP contribution in [0.2, 0.25) is 0 Å². The summed E-state index contributed by atoms with van der Waals surface area (Å²) in [6.45, 7) is 0. The van der Waals surface area contributed by atoms with E-state index in [9.17, 15) is 9.90 Å². The number of phenolic OH excluding ortho intramolecular Hbond substituents is 1. The summed E-state index contributed by atoms with van der Waals surface area (Å²) < 4.78 is 12.5. The molecule has 0 aliphatic heterocycles. The molecule has 0 saturated carbocycles. The lowest BCUT2D eigenvalue weighted by Gasteiger charge is -2.08. The molecule has 1 N–H and O–H groups in total. The largest absolute Gasteiger partial charge is 0.508 e. The van der Waals surface area contributed by atoms with Gasteiger partial charge in [0.15, 0.2) is 11.0 Å². The standard InChI is InChI=1S/C20H17N3O4S/c1-23-19(15-5-3-4-6-16(15)26-2)21-22-20(23)28-11-12-9-18(25)27-17-10-13(24)7-8-14(12)17/h3-10,24H,11H2,1-2H3. The number of aromatic nitrogens is 3. The first-order valence-corrected chi connectivity index (χ1v) is 9.46. The summed E-state index contributed by atoms with van der Waals surface area (Å²) in [5.41, 5.74) is 1.56. The number of fused-ring (bicyclic) bond motifs is 1. The Labute approximate surface area is 164 Å². The van der Waals surface area contributed by atoms with E-state index in [2.05, 4.69) is 10.2 Å². The van der Waals surface area contributed by atoms with Crippen molar-refractivity contribution >= 4 is 22.7 Å². The number of rotatable bonds is 5. The van der Waals surface area contributed by atoms with E-state index < -0.39 is 5.63 Å². The van der Waals surface area contributed by atoms with Crippen LogP contribution in [0.25, 0.3) is 22.4 Å². The summed E-state index contributed by atoms with van der Waals surface area (Å²) >= 11 is 1.46. The zero-order valence-corrected chi connectivity index (χ0v) is 16.1. The van der Waals surface area contributed by atoms with Gasteiger partial charge in [-0.15, -0.1) is 10.2 Å². The highest BCUT2D eigenvalue weighted by molar-refractivity contribution is 7.98. The molecule has 28 heavy (non-hydrogen) atoms. The van der Waals surface area contributed by atoms with Crippen LogP contribution in [0.3, 0.4) is 0 Å². The van der Waals surface area contributed by atoms with Crippen LogP contribution in [-0.2, 0) is 12.8 Å². The Morgan fingerprint density at radius 1 is 1.18 bits per heavy atom. The van der Waals surface area contributed by atoms with Crippen LogP contribution in [0.1, 0.15) is 5.56 Å². The lowest BCUT2D eigenvalue weighted by atomic mass is 10.1. The van der Waals surface area contributed by atoms with Gasteiger partial charge in [-0.2, -0.15) is 0 Å². The Kier molecular flexibility index (Phi) is 4.79. The topological polar surface area (TPSA) is 90.4 Å². The van der Waals surface area contributed by atoms with Crippen molar-refractivity contribution in [3.8, 4) is 22.9 Å². The van der Waals surface area contributed by atoms with Crippen LogP contribution in [0.15, 0.2) is 62.9 Å². The Bertz CT molecular complexity index is 1220. The molecule has 0 spiro atoms. The number of para-hydroxylation sites is 1. The Hall–Kier alpha value is -3.26. The second-order valence-corrected chi connectivity index (χ2v) is 7.07. The Morgan fingerprint density at radius 3 is 2.82 bits per heavy atom. The fraction of sp³-hybridized carbons (Fsp3) is 0.150. The van der Waals surface area contributed by atoms with E-state index in [0.717, 1.165) is 22.3 Å². The molecule has 2 heterocycles. The highest BCUT2D eigenvalue weighted by atomic mass is 32.2. The second kappa shape index (κ2) is 7.40. The number of ether oxygens (including phenoxy) is 1. The van der Waals surface area contributed by atoms with E-state index >= 15 is 0 Å². The summed E-state index contributed by atoms with van der Waals surface area (Å²) in [7, 11) is 3.51. The van der Waals surface area contributed by atoms with Gasteiger partial charge in [0.1, 0.15) is 17.1 Å². The number of phenols is 1. The number of nitrogens with zero attached hydrogens (tertiary/aromatic N) is 3. The molecular weight excluding hydrogens is 378 g/mol. The van der Waals surface area contributed by atoms with Gasteiger partial charge in [0.2, 0.25) is 0 Å². The molecule has 0 atom stereocenters. The fourth-order valence-electron chi connectivity index (χ4n) is 2.98. The van der Waals surface area contributed by atoms with Gasteiger partial charge < -0.3 is 18.8 Å². The van der Waals surface area contributed by atoms with Crippen molar-refractivity contribution in [1.29, 1.82) is 0 Å². The van der Waals surface area contributed by atoms with Gasteiger partial charge in [-0.25, -0.2) is 4.79 Å². The predicted octanol–water partition coefficient (Wildman–Crippen LogP) is 3.60. The van der Waals surface area contributed by atoms with Gasteiger partial charge in [0.05, 0.1) is 12.7 Å². The molecule has 4 rings (SSSR count). The maximum Gasteiger partial charge on any atom is 0.336 e. The summed E-state index contributed by atoms with van der Waals surface area (Å²) in [6.07, 6.45) is 0. The first-order valence-electron chi connectivity index (χ1n) is 8.48. The van der Waals surface area contributed by atoms with Crippen LogP contribution in [-0.4, -0.2) is 27.0 Å². The molecule has 0 saturated heterocycles. The minimum atomic E-state index is -0.457. The van der Waals surface area contributed by atoms with E-state index in [-0.39, 0.29) is 5.75 Å². The van der Waals surface area contributed by atoms with Gasteiger partial charge in [-0.1, -0.05) is 23.9 Å². The maximum atomic E-state index is 11.8. The van der Waals surface area contributed by atoms with Crippen molar-refractivity contribution in [3.05, 3.63) is 64.5 Å². The van der Waals surface area contributed by atoms with Crippen molar-refractivity contribution in [3.63, 3.8) is 0 Å². The van der Waals surface area contributed by atoms with Gasteiger partial charge in [-0.05, 0) is 29.8 Å². The van der Waals surface area contributed by atoms with E-state index in [1.165, 1.54) is 23.9 Å². The molecule has 2 aromatic heterocycles. The summed E-state index contributed by atoms with van der Waals surface area (Å²) in [5, 5.41) is 19.7. The number of aromatic hydroxyl groups is 1. The van der Waals surface area contributed by atoms with Crippen LogP contribution in [0, 0.1) is 0 Å². The van der Waals surface area contributed by atoms with Crippen molar-refractivity contribution < 1.29 is 14.3 Å². The number of hydrogen-bond donors (Lipinski definition) is 1. The van der Waals surface area contributed by atoms with E-state index in [1.807, 2.05) is 35.9 Å². The summed E-state index contributed by atoms with van der Waals surface area (Å²) in [4.78, 5) is 11.8. The van der Waals surface area contributed by atoms with Gasteiger partial charge in [0, 0.05) is 30.3 Å². The molecule has 0 aliphatic rings. The molecule has 0 unspecified atom stereocenters. The monoisotopic (exact) mass is 395 g/mol. The first-order chi connectivity index (χ1) is 13.6. The number of thioether (sulfide) groups is 1. The number of methoxy groups -OCH3 is 1. The van der Waals surface area contributed by atoms with Crippen LogP contribution < -0.4 is 10.4 Å². The Morgan fingerprint density at radius 2 is 2.00 bits per heavy atom. The SMILES string of the molecule is COc1ccccc1-c1nnc(SCc2cc(=O)oc3cc(O)ccc23)n1C. The van der Waals surface area contributed by atoms with Gasteiger partial charge in [0.25, 0.3) is 0 Å².